The summed E-state index contributed by atoms with van der Waals surface area (Å²) in [5, 5.41) is 0. The van der Waals surface area contributed by atoms with Crippen molar-refractivity contribution in [3.8, 4) is 0 Å². The smallest absolute Gasteiger partial charge is 0.162 e. The minimum Gasteiger partial charge on any atom is -0.463 e. The lowest BCUT2D eigenvalue weighted by Gasteiger charge is -2.12. The molecule has 2 nitrogen and oxygen atoms in total. The van der Waals surface area contributed by atoms with Gasteiger partial charge in [-0.3, -0.25) is 0 Å². The Hall–Kier alpha value is 0.788. The molecule has 0 rings (SSSR count). The van der Waals surface area contributed by atoms with Gasteiger partial charge >= 0.3 is 0 Å². The standard InChI is InChI=1S/C9H28O2Si4/c1-14(2)11-12-8-6-5-7-9-13-15(3,4)10/h10,14H,5-9,12-13H2,1-4H3. The summed E-state index contributed by atoms with van der Waals surface area (Å²) in [7, 11) is -2.62. The molecule has 0 saturated carbocycles. The highest BCUT2D eigenvalue weighted by molar-refractivity contribution is 7.19. The Morgan fingerprint density at radius 1 is 1.13 bits per heavy atom. The number of hydrogen-bond donors (Lipinski definition) is 1. The molecule has 0 aliphatic rings. The Morgan fingerprint density at radius 2 is 1.73 bits per heavy atom. The molecular weight excluding hydrogens is 252 g/mol. The van der Waals surface area contributed by atoms with Gasteiger partial charge in [0.15, 0.2) is 16.9 Å². The molecule has 0 atom stereocenters. The third-order valence-electron chi connectivity index (χ3n) is 2.38. The van der Waals surface area contributed by atoms with Gasteiger partial charge in [-0.1, -0.05) is 25.3 Å². The van der Waals surface area contributed by atoms with E-state index in [1.807, 2.05) is 0 Å². The summed E-state index contributed by atoms with van der Waals surface area (Å²) in [6, 6.07) is 2.73. The zero-order valence-electron chi connectivity index (χ0n) is 10.9. The van der Waals surface area contributed by atoms with E-state index in [2.05, 4.69) is 26.2 Å². The van der Waals surface area contributed by atoms with Crippen LogP contribution in [-0.2, 0) is 4.12 Å². The van der Waals surface area contributed by atoms with Gasteiger partial charge in [-0.2, -0.15) is 0 Å². The lowest BCUT2D eigenvalue weighted by Crippen LogP contribution is -2.33. The second-order valence-corrected chi connectivity index (χ2v) is 21.3. The highest BCUT2D eigenvalue weighted by Gasteiger charge is 2.15. The minimum absolute atomic E-state index is 0.121. The van der Waals surface area contributed by atoms with E-state index in [1.165, 1.54) is 31.4 Å². The zero-order valence-corrected chi connectivity index (χ0v) is 15.9. The molecule has 0 aromatic heterocycles. The Morgan fingerprint density at radius 3 is 2.27 bits per heavy atom. The van der Waals surface area contributed by atoms with Crippen LogP contribution < -0.4 is 0 Å². The minimum atomic E-state index is -1.62. The summed E-state index contributed by atoms with van der Waals surface area (Å²) >= 11 is 0. The topological polar surface area (TPSA) is 29.5 Å². The summed E-state index contributed by atoms with van der Waals surface area (Å²) in [5.41, 5.74) is 0. The first-order valence-electron chi connectivity index (χ1n) is 6.26. The van der Waals surface area contributed by atoms with Crippen LogP contribution in [0.4, 0.5) is 0 Å². The maximum atomic E-state index is 9.71. The van der Waals surface area contributed by atoms with Crippen molar-refractivity contribution in [2.24, 2.45) is 0 Å². The van der Waals surface area contributed by atoms with Crippen LogP contribution in [0, 0.1) is 0 Å². The maximum Gasteiger partial charge on any atom is 0.162 e. The van der Waals surface area contributed by atoms with Gasteiger partial charge in [0.2, 0.25) is 0 Å². The predicted molar refractivity (Wildman–Crippen MR) is 80.2 cm³/mol. The van der Waals surface area contributed by atoms with E-state index in [0.717, 1.165) is 0 Å². The van der Waals surface area contributed by atoms with Crippen LogP contribution in [0.15, 0.2) is 0 Å². The first-order chi connectivity index (χ1) is 6.92. The lowest BCUT2D eigenvalue weighted by atomic mass is 10.3. The van der Waals surface area contributed by atoms with Crippen molar-refractivity contribution in [2.45, 2.75) is 57.5 Å². The van der Waals surface area contributed by atoms with Gasteiger partial charge in [-0.25, -0.2) is 0 Å². The third-order valence-corrected chi connectivity index (χ3v) is 13.6. The lowest BCUT2D eigenvalue weighted by molar-refractivity contribution is 0.575. The van der Waals surface area contributed by atoms with Crippen LogP contribution >= 0.6 is 0 Å². The van der Waals surface area contributed by atoms with E-state index in [-0.39, 0.29) is 18.8 Å². The molecule has 0 aliphatic carbocycles. The van der Waals surface area contributed by atoms with Crippen molar-refractivity contribution >= 4 is 35.7 Å². The van der Waals surface area contributed by atoms with Crippen LogP contribution in [0.3, 0.4) is 0 Å². The zero-order chi connectivity index (χ0) is 11.7. The maximum absolute atomic E-state index is 9.71. The second kappa shape index (κ2) is 8.88. The highest BCUT2D eigenvalue weighted by Crippen LogP contribution is 2.06. The SMILES string of the molecule is C[SiH](C)O[SiH2]CCCCC[SiH2][Si](C)(C)O. The molecule has 0 aromatic carbocycles. The normalized spacial score (nSPS) is 14.0. The summed E-state index contributed by atoms with van der Waals surface area (Å²) in [6.07, 6.45) is 4.10. The van der Waals surface area contributed by atoms with Crippen molar-refractivity contribution in [1.29, 1.82) is 0 Å². The van der Waals surface area contributed by atoms with Crippen LogP contribution in [0.1, 0.15) is 19.3 Å². The summed E-state index contributed by atoms with van der Waals surface area (Å²) in [4.78, 5) is 9.71. The Bertz CT molecular complexity index is 148. The molecule has 0 aromatic rings. The van der Waals surface area contributed by atoms with Crippen molar-refractivity contribution in [2.75, 3.05) is 0 Å². The molecule has 0 amide bonds. The first-order valence-corrected chi connectivity index (χ1v) is 16.9. The van der Waals surface area contributed by atoms with Crippen molar-refractivity contribution < 1.29 is 8.91 Å². The van der Waals surface area contributed by atoms with Crippen LogP contribution in [0.5, 0.6) is 0 Å². The van der Waals surface area contributed by atoms with E-state index in [1.54, 1.807) is 0 Å². The molecule has 1 N–H and O–H groups in total. The van der Waals surface area contributed by atoms with Crippen molar-refractivity contribution in [1.82, 2.24) is 0 Å². The van der Waals surface area contributed by atoms with Gasteiger partial charge in [0.25, 0.3) is 0 Å². The Balaban J connectivity index is 3.06. The predicted octanol–water partition coefficient (Wildman–Crippen LogP) is 0.940. The highest BCUT2D eigenvalue weighted by atomic mass is 29.2. The van der Waals surface area contributed by atoms with Crippen LogP contribution in [0.25, 0.3) is 0 Å². The first kappa shape index (κ1) is 15.8. The van der Waals surface area contributed by atoms with E-state index in [0.29, 0.717) is 0 Å². The largest absolute Gasteiger partial charge is 0.463 e. The molecule has 0 bridgehead atoms. The fourth-order valence-electron chi connectivity index (χ4n) is 1.51. The molecule has 15 heavy (non-hydrogen) atoms. The van der Waals surface area contributed by atoms with Crippen molar-refractivity contribution in [3.05, 3.63) is 0 Å². The van der Waals surface area contributed by atoms with E-state index in [4.69, 9.17) is 4.12 Å². The van der Waals surface area contributed by atoms with Gasteiger partial charge < -0.3 is 8.91 Å². The molecule has 6 heteroatoms. The Kier molecular flexibility index (Phi) is 9.35. The number of hydrogen-bond acceptors (Lipinski definition) is 2. The van der Waals surface area contributed by atoms with Crippen molar-refractivity contribution in [3.63, 3.8) is 0 Å². The van der Waals surface area contributed by atoms with Gasteiger partial charge in [0.1, 0.15) is 9.76 Å². The van der Waals surface area contributed by atoms with Gasteiger partial charge in [-0.05, 0) is 32.2 Å². The molecule has 0 radical (unpaired) electrons. The molecule has 0 aliphatic heterocycles. The van der Waals surface area contributed by atoms with E-state index in [9.17, 15) is 4.80 Å². The molecule has 0 spiro atoms. The quantitative estimate of drug-likeness (QED) is 0.503. The average Bonchev–Trinajstić information content (AvgIpc) is 2.07. The summed E-state index contributed by atoms with van der Waals surface area (Å²) in [5.74, 6) is 0. The fourth-order valence-corrected chi connectivity index (χ4v) is 9.43. The monoisotopic (exact) mass is 280 g/mol. The molecule has 0 saturated heterocycles. The van der Waals surface area contributed by atoms with Crippen LogP contribution in [-0.4, -0.2) is 40.5 Å². The molecule has 0 fully saturated rings. The van der Waals surface area contributed by atoms with Gasteiger partial charge in [-0.15, -0.1) is 0 Å². The second-order valence-electron chi connectivity index (χ2n) is 5.25. The van der Waals surface area contributed by atoms with E-state index < -0.39 is 16.9 Å². The number of unbranched alkanes of at least 4 members (excludes halogenated alkanes) is 2. The molecule has 92 valence electrons. The average molecular weight is 281 g/mol. The van der Waals surface area contributed by atoms with Gasteiger partial charge in [0, 0.05) is 9.04 Å². The van der Waals surface area contributed by atoms with E-state index >= 15 is 0 Å². The van der Waals surface area contributed by atoms with Gasteiger partial charge in [0.05, 0.1) is 0 Å². The summed E-state index contributed by atoms with van der Waals surface area (Å²) in [6.45, 7) is 8.69. The molecule has 0 unspecified atom stereocenters. The molecule has 0 heterocycles. The summed E-state index contributed by atoms with van der Waals surface area (Å²) < 4.78 is 5.76. The number of rotatable bonds is 9. The molecular formula is C9H28O2Si4. The fraction of sp³-hybridized carbons (Fsp3) is 1.00. The van der Waals surface area contributed by atoms with Crippen LogP contribution in [0.2, 0.25) is 38.3 Å². The Labute approximate surface area is 102 Å². The third kappa shape index (κ3) is 14.8.